The van der Waals surface area contributed by atoms with Gasteiger partial charge in [-0.3, -0.25) is 4.79 Å². The Bertz CT molecular complexity index is 541. The zero-order valence-electron chi connectivity index (χ0n) is 10.1. The molecular formula is C15H14O2S. The van der Waals surface area contributed by atoms with Gasteiger partial charge >= 0.3 is 0 Å². The third kappa shape index (κ3) is 3.08. The normalized spacial score (nSPS) is 10.7. The maximum absolute atomic E-state index is 11.8. The van der Waals surface area contributed by atoms with Gasteiger partial charge in [0.25, 0.3) is 0 Å². The quantitative estimate of drug-likeness (QED) is 0.597. The molecule has 0 unspecified atom stereocenters. The minimum Gasteiger partial charge on any atom is -0.493 e. The summed E-state index contributed by atoms with van der Waals surface area (Å²) >= 11 is 1.45. The number of hydrogen-bond donors (Lipinski definition) is 0. The van der Waals surface area contributed by atoms with Gasteiger partial charge in [0.2, 0.25) is 0 Å². The molecule has 0 bridgehead atoms. The summed E-state index contributed by atoms with van der Waals surface area (Å²) < 4.78 is 5.50. The summed E-state index contributed by atoms with van der Waals surface area (Å²) in [5, 5.41) is 1.90. The average molecular weight is 258 g/mol. The Morgan fingerprint density at radius 1 is 1.28 bits per heavy atom. The van der Waals surface area contributed by atoms with Crippen molar-refractivity contribution in [1.29, 1.82) is 0 Å². The monoisotopic (exact) mass is 258 g/mol. The van der Waals surface area contributed by atoms with Crippen LogP contribution in [-0.2, 0) is 0 Å². The molecule has 0 aliphatic heterocycles. The van der Waals surface area contributed by atoms with E-state index in [9.17, 15) is 4.79 Å². The lowest BCUT2D eigenvalue weighted by Gasteiger charge is -2.05. The van der Waals surface area contributed by atoms with Crippen molar-refractivity contribution in [3.63, 3.8) is 0 Å². The summed E-state index contributed by atoms with van der Waals surface area (Å²) in [6, 6.07) is 11.4. The predicted molar refractivity (Wildman–Crippen MR) is 75.3 cm³/mol. The predicted octanol–water partition coefficient (Wildman–Crippen LogP) is 4.04. The third-order valence-electron chi connectivity index (χ3n) is 2.40. The number of para-hydroxylation sites is 1. The van der Waals surface area contributed by atoms with Gasteiger partial charge in [-0.2, -0.15) is 0 Å². The van der Waals surface area contributed by atoms with E-state index >= 15 is 0 Å². The average Bonchev–Trinajstić information content (AvgIpc) is 2.92. The van der Waals surface area contributed by atoms with E-state index < -0.39 is 0 Å². The zero-order valence-corrected chi connectivity index (χ0v) is 10.9. The summed E-state index contributed by atoms with van der Waals surface area (Å²) in [4.78, 5) is 12.6. The minimum atomic E-state index is 0.0244. The minimum absolute atomic E-state index is 0.0244. The lowest BCUT2D eigenvalue weighted by atomic mass is 10.1. The first-order valence-corrected chi connectivity index (χ1v) is 6.67. The molecule has 92 valence electrons. The molecule has 2 rings (SSSR count). The van der Waals surface area contributed by atoms with Crippen LogP contribution in [0.2, 0.25) is 0 Å². The number of ether oxygens (including phenoxy) is 1. The van der Waals surface area contributed by atoms with E-state index in [1.807, 2.05) is 48.7 Å². The van der Waals surface area contributed by atoms with Crippen molar-refractivity contribution in [2.75, 3.05) is 6.61 Å². The molecule has 0 fully saturated rings. The molecule has 0 radical (unpaired) electrons. The highest BCUT2D eigenvalue weighted by atomic mass is 32.1. The van der Waals surface area contributed by atoms with Crippen molar-refractivity contribution in [2.24, 2.45) is 0 Å². The number of thiophene rings is 1. The van der Waals surface area contributed by atoms with Gasteiger partial charge in [-0.25, -0.2) is 0 Å². The van der Waals surface area contributed by atoms with Crippen LogP contribution in [-0.4, -0.2) is 12.4 Å². The number of ketones is 1. The Morgan fingerprint density at radius 3 is 2.83 bits per heavy atom. The second-order valence-electron chi connectivity index (χ2n) is 3.65. The Hall–Kier alpha value is -1.87. The van der Waals surface area contributed by atoms with Crippen LogP contribution < -0.4 is 4.74 Å². The molecule has 0 saturated heterocycles. The Kier molecular flexibility index (Phi) is 4.31. The van der Waals surface area contributed by atoms with Crippen LogP contribution in [0, 0.1) is 0 Å². The van der Waals surface area contributed by atoms with Gasteiger partial charge in [-0.1, -0.05) is 24.3 Å². The number of allylic oxidation sites excluding steroid dienone is 1. The standard InChI is InChI=1S/C15H14O2S/c1-2-17-14-7-4-3-6-12(14)9-10-13(16)15-8-5-11-18-15/h3-11H,2H2,1H3. The number of carbonyl (C=O) groups excluding carboxylic acids is 1. The van der Waals surface area contributed by atoms with Gasteiger partial charge in [0.15, 0.2) is 5.78 Å². The molecule has 0 N–H and O–H groups in total. The van der Waals surface area contributed by atoms with Crippen molar-refractivity contribution in [3.8, 4) is 5.75 Å². The van der Waals surface area contributed by atoms with Crippen LogP contribution >= 0.6 is 11.3 Å². The number of benzene rings is 1. The number of hydrogen-bond acceptors (Lipinski definition) is 3. The molecule has 0 amide bonds. The molecule has 1 aromatic carbocycles. The highest BCUT2D eigenvalue weighted by Crippen LogP contribution is 2.20. The van der Waals surface area contributed by atoms with E-state index in [1.165, 1.54) is 11.3 Å². The van der Waals surface area contributed by atoms with Crippen LogP contribution in [0.4, 0.5) is 0 Å². The molecule has 0 aliphatic carbocycles. The van der Waals surface area contributed by atoms with Crippen molar-refractivity contribution in [2.45, 2.75) is 6.92 Å². The molecular weight excluding hydrogens is 244 g/mol. The Balaban J connectivity index is 2.16. The van der Waals surface area contributed by atoms with E-state index in [0.717, 1.165) is 16.2 Å². The van der Waals surface area contributed by atoms with Crippen molar-refractivity contribution in [1.82, 2.24) is 0 Å². The summed E-state index contributed by atoms with van der Waals surface area (Å²) in [5.41, 5.74) is 0.921. The van der Waals surface area contributed by atoms with Crippen LogP contribution in [0.5, 0.6) is 5.75 Å². The molecule has 0 spiro atoms. The van der Waals surface area contributed by atoms with Gasteiger partial charge in [0.1, 0.15) is 5.75 Å². The van der Waals surface area contributed by atoms with Gasteiger partial charge in [0.05, 0.1) is 11.5 Å². The van der Waals surface area contributed by atoms with Gasteiger partial charge < -0.3 is 4.74 Å². The van der Waals surface area contributed by atoms with Crippen molar-refractivity contribution < 1.29 is 9.53 Å². The molecule has 0 aliphatic rings. The lowest BCUT2D eigenvalue weighted by Crippen LogP contribution is -1.94. The second kappa shape index (κ2) is 6.17. The maximum atomic E-state index is 11.8. The summed E-state index contributed by atoms with van der Waals surface area (Å²) in [6.07, 6.45) is 3.39. The lowest BCUT2D eigenvalue weighted by molar-refractivity contribution is 0.105. The van der Waals surface area contributed by atoms with Crippen LogP contribution in [0.1, 0.15) is 22.2 Å². The maximum Gasteiger partial charge on any atom is 0.195 e. The molecule has 0 atom stereocenters. The first kappa shape index (κ1) is 12.6. The van der Waals surface area contributed by atoms with Crippen molar-refractivity contribution >= 4 is 23.2 Å². The van der Waals surface area contributed by atoms with E-state index in [0.29, 0.717) is 6.61 Å². The molecule has 1 aromatic heterocycles. The topological polar surface area (TPSA) is 26.3 Å². The van der Waals surface area contributed by atoms with Crippen LogP contribution in [0.25, 0.3) is 6.08 Å². The van der Waals surface area contributed by atoms with E-state index in [-0.39, 0.29) is 5.78 Å². The summed E-state index contributed by atoms with van der Waals surface area (Å²) in [6.45, 7) is 2.56. The third-order valence-corrected chi connectivity index (χ3v) is 3.28. The first-order valence-electron chi connectivity index (χ1n) is 5.79. The van der Waals surface area contributed by atoms with Crippen molar-refractivity contribution in [3.05, 3.63) is 58.3 Å². The van der Waals surface area contributed by atoms with Crippen LogP contribution in [0.3, 0.4) is 0 Å². The van der Waals surface area contributed by atoms with Gasteiger partial charge in [-0.05, 0) is 36.6 Å². The number of carbonyl (C=O) groups is 1. The van der Waals surface area contributed by atoms with Gasteiger partial charge in [0, 0.05) is 5.56 Å². The fraction of sp³-hybridized carbons (Fsp3) is 0.133. The SMILES string of the molecule is CCOc1ccccc1C=CC(=O)c1cccs1. The zero-order chi connectivity index (χ0) is 12.8. The largest absolute Gasteiger partial charge is 0.493 e. The first-order chi connectivity index (χ1) is 8.81. The smallest absolute Gasteiger partial charge is 0.195 e. The molecule has 2 nitrogen and oxygen atoms in total. The molecule has 18 heavy (non-hydrogen) atoms. The highest BCUT2D eigenvalue weighted by Gasteiger charge is 2.03. The highest BCUT2D eigenvalue weighted by molar-refractivity contribution is 7.12. The van der Waals surface area contributed by atoms with E-state index in [1.54, 1.807) is 12.2 Å². The molecule has 0 saturated carbocycles. The fourth-order valence-corrected chi connectivity index (χ4v) is 2.22. The van der Waals surface area contributed by atoms with E-state index in [4.69, 9.17) is 4.74 Å². The molecule has 2 aromatic rings. The van der Waals surface area contributed by atoms with E-state index in [2.05, 4.69) is 0 Å². The fourth-order valence-electron chi connectivity index (χ4n) is 1.57. The molecule has 1 heterocycles. The Labute approximate surface area is 111 Å². The summed E-state index contributed by atoms with van der Waals surface area (Å²) in [7, 11) is 0. The van der Waals surface area contributed by atoms with Gasteiger partial charge in [-0.15, -0.1) is 11.3 Å². The van der Waals surface area contributed by atoms with Crippen LogP contribution in [0.15, 0.2) is 47.9 Å². The number of rotatable bonds is 5. The summed E-state index contributed by atoms with van der Waals surface area (Å²) in [5.74, 6) is 0.825. The second-order valence-corrected chi connectivity index (χ2v) is 4.59. The molecule has 3 heteroatoms. The Morgan fingerprint density at radius 2 is 2.11 bits per heavy atom.